The number of nitrogens with zero attached hydrogens (tertiary/aromatic N) is 7. The van der Waals surface area contributed by atoms with Crippen molar-refractivity contribution in [3.63, 3.8) is 0 Å². The maximum absolute atomic E-state index is 15.0. The first kappa shape index (κ1) is 48.3. The molecule has 0 bridgehead atoms. The molecule has 69 heavy (non-hydrogen) atoms. The third kappa shape index (κ3) is 12.3. The number of rotatable bonds is 18. The first-order valence-corrected chi connectivity index (χ1v) is 23.6. The van der Waals surface area contributed by atoms with Crippen molar-refractivity contribution in [2.75, 3.05) is 77.3 Å². The van der Waals surface area contributed by atoms with Crippen molar-refractivity contribution in [1.29, 1.82) is 0 Å². The highest BCUT2D eigenvalue weighted by molar-refractivity contribution is 6.03. The summed E-state index contributed by atoms with van der Waals surface area (Å²) in [6.45, 7) is 9.87. The molecule has 3 aromatic carbocycles. The molecule has 5 heterocycles. The molecule has 360 valence electrons. The zero-order valence-electron chi connectivity index (χ0n) is 39.1. The molecule has 0 unspecified atom stereocenters. The molecule has 2 aliphatic heterocycles. The number of aromatic amines is 1. The van der Waals surface area contributed by atoms with Crippen molar-refractivity contribution in [3.8, 4) is 11.1 Å². The van der Waals surface area contributed by atoms with Gasteiger partial charge in [-0.05, 0) is 74.5 Å². The molecule has 0 aliphatic carbocycles. The van der Waals surface area contributed by atoms with E-state index in [2.05, 4.69) is 47.6 Å². The van der Waals surface area contributed by atoms with Crippen molar-refractivity contribution in [3.05, 3.63) is 141 Å². The molecule has 0 atom stereocenters. The van der Waals surface area contributed by atoms with E-state index in [0.717, 1.165) is 41.6 Å². The summed E-state index contributed by atoms with van der Waals surface area (Å²) >= 11 is 0. The van der Waals surface area contributed by atoms with E-state index in [1.165, 1.54) is 12.1 Å². The Labute approximate surface area is 399 Å². The lowest BCUT2D eigenvalue weighted by molar-refractivity contribution is -0.131. The average molecular weight is 939 g/mol. The third-order valence-corrected chi connectivity index (χ3v) is 12.8. The number of carbonyl (C=O) groups excluding carboxylic acids is 4. The normalized spacial score (nSPS) is 14.3. The first-order chi connectivity index (χ1) is 33.5. The van der Waals surface area contributed by atoms with Gasteiger partial charge in [-0.25, -0.2) is 14.5 Å². The van der Waals surface area contributed by atoms with Crippen molar-refractivity contribution in [1.82, 2.24) is 55.6 Å². The van der Waals surface area contributed by atoms with Crippen LogP contribution in [-0.2, 0) is 29.1 Å². The van der Waals surface area contributed by atoms with Crippen molar-refractivity contribution in [2.45, 2.75) is 46.2 Å². The number of H-pyrrole nitrogens is 1. The topological polar surface area (TPSA) is 203 Å². The Morgan fingerprint density at radius 2 is 1.52 bits per heavy atom. The SMILES string of the molecule is CCn1cc(-c2cnc(C(=O)N3CCC(CNCCNCC(=O)N4CCN(C(=O)c5cc(Cc6n[nH]c(=O)c7ccccc67)ccc5F)CC4)CC3)c(NC(=O)CNCc3cccc(C)c3)c2)cn1. The fourth-order valence-electron chi connectivity index (χ4n) is 8.87. The molecule has 2 fully saturated rings. The summed E-state index contributed by atoms with van der Waals surface area (Å²) in [5.41, 5.74) is 5.33. The van der Waals surface area contributed by atoms with Gasteiger partial charge in [-0.15, -0.1) is 0 Å². The van der Waals surface area contributed by atoms with Gasteiger partial charge in [-0.3, -0.25) is 28.7 Å². The Kier molecular flexibility index (Phi) is 15.9. The van der Waals surface area contributed by atoms with Crippen LogP contribution in [0.5, 0.6) is 0 Å². The number of halogens is 1. The molecule has 4 amide bonds. The summed E-state index contributed by atoms with van der Waals surface area (Å²) in [5.74, 6) is -1.27. The van der Waals surface area contributed by atoms with Crippen LogP contribution in [0.2, 0.25) is 0 Å². The number of aryl methyl sites for hydroxylation is 2. The molecule has 2 saturated heterocycles. The molecule has 6 aromatic rings. The van der Waals surface area contributed by atoms with Gasteiger partial charge < -0.3 is 36.0 Å². The maximum atomic E-state index is 15.0. The Morgan fingerprint density at radius 1 is 0.768 bits per heavy atom. The number of piperazine rings is 1. The van der Waals surface area contributed by atoms with Gasteiger partial charge in [0, 0.05) is 101 Å². The van der Waals surface area contributed by atoms with E-state index in [4.69, 9.17) is 0 Å². The molecule has 17 nitrogen and oxygen atoms in total. The number of nitrogens with one attached hydrogen (secondary N) is 5. The first-order valence-electron chi connectivity index (χ1n) is 23.6. The lowest BCUT2D eigenvalue weighted by atomic mass is 9.96. The van der Waals surface area contributed by atoms with E-state index in [9.17, 15) is 24.0 Å². The van der Waals surface area contributed by atoms with Gasteiger partial charge in [-0.2, -0.15) is 10.2 Å². The number of amides is 4. The predicted octanol–water partition coefficient (Wildman–Crippen LogP) is 3.98. The minimum Gasteiger partial charge on any atom is -0.338 e. The van der Waals surface area contributed by atoms with Crippen LogP contribution >= 0.6 is 0 Å². The number of anilines is 1. The molecule has 2 aliphatic rings. The summed E-state index contributed by atoms with van der Waals surface area (Å²) in [7, 11) is 0. The van der Waals surface area contributed by atoms with Crippen molar-refractivity contribution < 1.29 is 23.6 Å². The molecule has 0 spiro atoms. The predicted molar refractivity (Wildman–Crippen MR) is 261 cm³/mol. The van der Waals surface area contributed by atoms with Crippen LogP contribution in [0.1, 0.15) is 63.0 Å². The van der Waals surface area contributed by atoms with Gasteiger partial charge in [0.2, 0.25) is 11.8 Å². The average Bonchev–Trinajstić information content (AvgIpc) is 3.86. The minimum absolute atomic E-state index is 0.0418. The van der Waals surface area contributed by atoms with Crippen LogP contribution in [-0.4, -0.2) is 135 Å². The maximum Gasteiger partial charge on any atom is 0.274 e. The Balaban J connectivity index is 0.745. The van der Waals surface area contributed by atoms with E-state index >= 15 is 4.39 Å². The van der Waals surface area contributed by atoms with Gasteiger partial charge in [0.25, 0.3) is 17.4 Å². The molecular formula is C51H59FN12O5. The second-order valence-corrected chi connectivity index (χ2v) is 17.7. The highest BCUT2D eigenvalue weighted by Crippen LogP contribution is 2.27. The largest absolute Gasteiger partial charge is 0.338 e. The van der Waals surface area contributed by atoms with Crippen LogP contribution in [0, 0.1) is 18.7 Å². The smallest absolute Gasteiger partial charge is 0.274 e. The number of fused-ring (bicyclic) bond motifs is 1. The number of aromatic nitrogens is 5. The van der Waals surface area contributed by atoms with E-state index in [0.29, 0.717) is 92.4 Å². The summed E-state index contributed by atoms with van der Waals surface area (Å²) in [4.78, 5) is 75.6. The molecule has 8 rings (SSSR count). The van der Waals surface area contributed by atoms with Crippen LogP contribution in [0.3, 0.4) is 0 Å². The molecule has 5 N–H and O–H groups in total. The van der Waals surface area contributed by atoms with E-state index in [-0.39, 0.29) is 60.7 Å². The van der Waals surface area contributed by atoms with Crippen LogP contribution in [0.4, 0.5) is 10.1 Å². The van der Waals surface area contributed by atoms with E-state index < -0.39 is 11.7 Å². The molecule has 3 aromatic heterocycles. The highest BCUT2D eigenvalue weighted by atomic mass is 19.1. The van der Waals surface area contributed by atoms with Gasteiger partial charge >= 0.3 is 0 Å². The number of pyridine rings is 1. The Hall–Kier alpha value is -7.15. The Bertz CT molecular complexity index is 2850. The number of likely N-dealkylation sites (tertiary alicyclic amines) is 1. The molecule has 0 saturated carbocycles. The van der Waals surface area contributed by atoms with Gasteiger partial charge in [0.1, 0.15) is 5.82 Å². The molecule has 0 radical (unpaired) electrons. The van der Waals surface area contributed by atoms with Crippen LogP contribution in [0.25, 0.3) is 21.9 Å². The summed E-state index contributed by atoms with van der Waals surface area (Å²) in [6, 6.07) is 21.4. The summed E-state index contributed by atoms with van der Waals surface area (Å²) in [5, 5.41) is 25.2. The van der Waals surface area contributed by atoms with Crippen molar-refractivity contribution >= 4 is 40.1 Å². The van der Waals surface area contributed by atoms with E-state index in [1.54, 1.807) is 51.4 Å². The van der Waals surface area contributed by atoms with Gasteiger partial charge in [0.15, 0.2) is 5.69 Å². The third-order valence-electron chi connectivity index (χ3n) is 12.8. The van der Waals surface area contributed by atoms with Crippen molar-refractivity contribution in [2.24, 2.45) is 5.92 Å². The lowest BCUT2D eigenvalue weighted by Crippen LogP contribution is -2.52. The second-order valence-electron chi connectivity index (χ2n) is 17.7. The van der Waals surface area contributed by atoms with Gasteiger partial charge in [-0.1, -0.05) is 54.1 Å². The number of piperidine rings is 1. The van der Waals surface area contributed by atoms with Gasteiger partial charge in [0.05, 0.1) is 41.6 Å². The summed E-state index contributed by atoms with van der Waals surface area (Å²) in [6.07, 6.45) is 7.22. The standard InChI is InChI=1S/C51H59FN12O5/c1-3-64-33-39(30-57-64)38-26-45(58-46(65)31-55-28-37-8-6-7-34(2)23-37)48(56-29-38)51(69)62-17-13-35(14-18-62)27-53-15-16-54-32-47(66)61-19-21-63(22-20-61)50(68)42-24-36(11-12-43(42)52)25-44-40-9-4-5-10-41(40)49(67)60-59-44/h4-12,23-24,26,29-30,33,35,53-55H,3,13-22,25,27-28,31-32H2,1-2H3,(H,58,65)(H,60,67). The molecule has 18 heteroatoms. The number of benzene rings is 3. The lowest BCUT2D eigenvalue weighted by Gasteiger charge is -2.35. The number of hydrogen-bond donors (Lipinski definition) is 5. The zero-order chi connectivity index (χ0) is 48.3. The van der Waals surface area contributed by atoms with Crippen LogP contribution in [0.15, 0.2) is 96.2 Å². The zero-order valence-corrected chi connectivity index (χ0v) is 39.1. The minimum atomic E-state index is -0.622. The Morgan fingerprint density at radius 3 is 2.29 bits per heavy atom. The number of carbonyl (C=O) groups is 4. The molecular weight excluding hydrogens is 880 g/mol. The second kappa shape index (κ2) is 22.8. The summed E-state index contributed by atoms with van der Waals surface area (Å²) < 4.78 is 16.8. The number of hydrogen-bond acceptors (Lipinski definition) is 11. The quantitative estimate of drug-likeness (QED) is 0.0781. The van der Waals surface area contributed by atoms with E-state index in [1.807, 2.05) is 55.1 Å². The fourth-order valence-corrected chi connectivity index (χ4v) is 8.87. The monoisotopic (exact) mass is 938 g/mol. The highest BCUT2D eigenvalue weighted by Gasteiger charge is 2.29. The fraction of sp³-hybridized carbons (Fsp3) is 0.373. The van der Waals surface area contributed by atoms with Crippen LogP contribution < -0.4 is 26.8 Å².